The number of nitrogens with zero attached hydrogens (tertiary/aromatic N) is 5. The fraction of sp³-hybridized carbons (Fsp3) is 0.379. The summed E-state index contributed by atoms with van der Waals surface area (Å²) in [5, 5.41) is 17.4. The lowest BCUT2D eigenvalue weighted by molar-refractivity contribution is 0.661. The molecule has 0 fully saturated rings. The van der Waals surface area contributed by atoms with Gasteiger partial charge in [0, 0.05) is 19.3 Å². The van der Waals surface area contributed by atoms with Crippen molar-refractivity contribution in [1.29, 1.82) is 0 Å². The molecule has 3 aromatic carbocycles. The van der Waals surface area contributed by atoms with E-state index in [4.69, 9.17) is 0 Å². The Morgan fingerprint density at radius 3 is 1.44 bits per heavy atom. The second-order valence-electron chi connectivity index (χ2n) is 8.69. The van der Waals surface area contributed by atoms with Gasteiger partial charge in [-0.05, 0) is 85.5 Å². The van der Waals surface area contributed by atoms with E-state index in [1.54, 1.807) is 0 Å². The molecule has 0 unspecified atom stereocenters. The van der Waals surface area contributed by atoms with Gasteiger partial charge in [-0.15, -0.1) is 0 Å². The molecule has 0 saturated carbocycles. The molecule has 0 spiro atoms. The first-order chi connectivity index (χ1) is 16.7. The zero-order chi connectivity index (χ0) is 24.0. The van der Waals surface area contributed by atoms with Crippen molar-refractivity contribution >= 4 is 28.4 Å². The Morgan fingerprint density at radius 1 is 0.529 bits per heavy atom. The summed E-state index contributed by atoms with van der Waals surface area (Å²) in [5.74, 6) is 0. The summed E-state index contributed by atoms with van der Waals surface area (Å²) in [7, 11) is 2.14. The van der Waals surface area contributed by atoms with E-state index in [0.717, 1.165) is 35.7 Å². The summed E-state index contributed by atoms with van der Waals surface area (Å²) in [6, 6.07) is 24.2. The number of azo groups is 2. The number of benzene rings is 3. The van der Waals surface area contributed by atoms with Crippen LogP contribution in [0.15, 0.2) is 93.3 Å². The molecule has 0 amide bonds. The smallest absolute Gasteiger partial charge is 0.0858 e. The zero-order valence-electron chi connectivity index (χ0n) is 20.8. The summed E-state index contributed by atoms with van der Waals surface area (Å²) in [6.07, 6.45) is 8.64. The van der Waals surface area contributed by atoms with Gasteiger partial charge in [-0.1, -0.05) is 51.7 Å². The molecular weight excluding hydrogens is 418 g/mol. The normalized spacial score (nSPS) is 11.5. The molecule has 0 N–H and O–H groups in total. The molecule has 0 radical (unpaired) electrons. The molecule has 0 aliphatic rings. The highest BCUT2D eigenvalue weighted by atomic mass is 15.1. The Labute approximate surface area is 204 Å². The Balaban J connectivity index is 1.51. The van der Waals surface area contributed by atoms with Gasteiger partial charge in [0.05, 0.1) is 22.7 Å². The van der Waals surface area contributed by atoms with E-state index in [2.05, 4.69) is 70.5 Å². The van der Waals surface area contributed by atoms with Crippen LogP contribution in [0.1, 0.15) is 57.9 Å². The van der Waals surface area contributed by atoms with Gasteiger partial charge in [0.2, 0.25) is 0 Å². The predicted octanol–water partition coefficient (Wildman–Crippen LogP) is 9.88. The van der Waals surface area contributed by atoms with Crippen LogP contribution in [0.4, 0.5) is 28.4 Å². The van der Waals surface area contributed by atoms with Gasteiger partial charge in [-0.2, -0.15) is 20.5 Å². The van der Waals surface area contributed by atoms with Gasteiger partial charge < -0.3 is 4.90 Å². The van der Waals surface area contributed by atoms with Gasteiger partial charge in [0.1, 0.15) is 0 Å². The molecular formula is C29H37N5. The van der Waals surface area contributed by atoms with Crippen molar-refractivity contribution in [3.05, 3.63) is 78.4 Å². The minimum absolute atomic E-state index is 0.788. The number of unbranched alkanes of at least 4 members (excludes halogenated alkanes) is 4. The summed E-state index contributed by atoms with van der Waals surface area (Å²) in [5.41, 5.74) is 5.84. The second kappa shape index (κ2) is 14.0. The van der Waals surface area contributed by atoms with E-state index in [9.17, 15) is 0 Å². The quantitative estimate of drug-likeness (QED) is 0.187. The topological polar surface area (TPSA) is 52.7 Å². The molecule has 3 aromatic rings. The van der Waals surface area contributed by atoms with Crippen LogP contribution in [-0.4, -0.2) is 13.6 Å². The first-order valence-electron chi connectivity index (χ1n) is 12.5. The Bertz CT molecular complexity index is 1020. The van der Waals surface area contributed by atoms with Crippen LogP contribution >= 0.6 is 0 Å². The highest BCUT2D eigenvalue weighted by Crippen LogP contribution is 2.25. The van der Waals surface area contributed by atoms with Crippen LogP contribution in [0.2, 0.25) is 0 Å². The largest absolute Gasteiger partial charge is 0.375 e. The fourth-order valence-electron chi connectivity index (χ4n) is 3.61. The molecule has 34 heavy (non-hydrogen) atoms. The maximum absolute atomic E-state index is 4.37. The molecule has 178 valence electrons. The van der Waals surface area contributed by atoms with Crippen LogP contribution in [0.3, 0.4) is 0 Å². The Morgan fingerprint density at radius 2 is 0.971 bits per heavy atom. The van der Waals surface area contributed by atoms with Crippen LogP contribution in [0.5, 0.6) is 0 Å². The lowest BCUT2D eigenvalue weighted by Gasteiger charge is -2.19. The highest BCUT2D eigenvalue weighted by molar-refractivity contribution is 5.53. The number of rotatable bonds is 13. The van der Waals surface area contributed by atoms with E-state index in [0.29, 0.717) is 0 Å². The van der Waals surface area contributed by atoms with Gasteiger partial charge in [0.15, 0.2) is 0 Å². The minimum atomic E-state index is 0.788. The molecule has 0 heterocycles. The lowest BCUT2D eigenvalue weighted by Crippen LogP contribution is -2.18. The SMILES string of the molecule is CCCCCCN(C)c1ccc(N=Nc2ccc(N=Nc3ccc(CCCC)cc3)cc2)cc1. The molecule has 5 nitrogen and oxygen atoms in total. The van der Waals surface area contributed by atoms with Crippen molar-refractivity contribution in [1.82, 2.24) is 0 Å². The van der Waals surface area contributed by atoms with E-state index in [-0.39, 0.29) is 0 Å². The second-order valence-corrected chi connectivity index (χ2v) is 8.69. The molecule has 0 aromatic heterocycles. The third kappa shape index (κ3) is 8.54. The predicted molar refractivity (Wildman–Crippen MR) is 144 cm³/mol. The number of aryl methyl sites for hydroxylation is 1. The minimum Gasteiger partial charge on any atom is -0.375 e. The van der Waals surface area contributed by atoms with Crippen molar-refractivity contribution in [2.24, 2.45) is 20.5 Å². The standard InChI is InChI=1S/C29H37N5/c1-4-6-8-9-23-34(3)29-21-19-28(20-22-29)33-32-27-17-15-26(16-18-27)31-30-25-13-11-24(12-14-25)10-7-5-2/h11-22H,4-10,23H2,1-3H3. The average Bonchev–Trinajstić information content (AvgIpc) is 2.89. The fourth-order valence-corrected chi connectivity index (χ4v) is 3.61. The van der Waals surface area contributed by atoms with Crippen molar-refractivity contribution in [3.63, 3.8) is 0 Å². The van der Waals surface area contributed by atoms with Crippen LogP contribution in [0, 0.1) is 0 Å². The third-order valence-corrected chi connectivity index (χ3v) is 5.80. The van der Waals surface area contributed by atoms with Crippen LogP contribution < -0.4 is 4.90 Å². The molecule has 0 bridgehead atoms. The van der Waals surface area contributed by atoms with Gasteiger partial charge in [-0.25, -0.2) is 0 Å². The van der Waals surface area contributed by atoms with Gasteiger partial charge >= 0.3 is 0 Å². The maximum atomic E-state index is 4.37. The first-order valence-corrected chi connectivity index (χ1v) is 12.5. The number of hydrogen-bond acceptors (Lipinski definition) is 5. The number of anilines is 1. The van der Waals surface area contributed by atoms with Crippen molar-refractivity contribution < 1.29 is 0 Å². The maximum Gasteiger partial charge on any atom is 0.0858 e. The number of hydrogen-bond donors (Lipinski definition) is 0. The highest BCUT2D eigenvalue weighted by Gasteiger charge is 2.01. The molecule has 0 saturated heterocycles. The lowest BCUT2D eigenvalue weighted by atomic mass is 10.1. The molecule has 0 atom stereocenters. The van der Waals surface area contributed by atoms with Crippen molar-refractivity contribution in [2.75, 3.05) is 18.5 Å². The molecule has 0 aliphatic heterocycles. The van der Waals surface area contributed by atoms with Crippen LogP contribution in [0.25, 0.3) is 0 Å². The van der Waals surface area contributed by atoms with E-state index >= 15 is 0 Å². The molecule has 0 aliphatic carbocycles. The van der Waals surface area contributed by atoms with E-state index < -0.39 is 0 Å². The van der Waals surface area contributed by atoms with E-state index in [1.807, 2.05) is 48.5 Å². The molecule has 5 heteroatoms. The Kier molecular flexibility index (Phi) is 10.4. The molecule has 3 rings (SSSR count). The summed E-state index contributed by atoms with van der Waals surface area (Å²) >= 11 is 0. The first kappa shape index (κ1) is 25.3. The van der Waals surface area contributed by atoms with Gasteiger partial charge in [-0.3, -0.25) is 0 Å². The zero-order valence-corrected chi connectivity index (χ0v) is 20.8. The average molecular weight is 456 g/mol. The van der Waals surface area contributed by atoms with Gasteiger partial charge in [0.25, 0.3) is 0 Å². The summed E-state index contributed by atoms with van der Waals surface area (Å²) < 4.78 is 0. The Hall–Kier alpha value is -3.34. The van der Waals surface area contributed by atoms with E-state index in [1.165, 1.54) is 49.8 Å². The van der Waals surface area contributed by atoms with Crippen molar-refractivity contribution in [2.45, 2.75) is 58.8 Å². The summed E-state index contributed by atoms with van der Waals surface area (Å²) in [6.45, 7) is 5.53. The van der Waals surface area contributed by atoms with Crippen molar-refractivity contribution in [3.8, 4) is 0 Å². The third-order valence-electron chi connectivity index (χ3n) is 5.80. The summed E-state index contributed by atoms with van der Waals surface area (Å²) in [4.78, 5) is 2.30. The monoisotopic (exact) mass is 455 g/mol. The van der Waals surface area contributed by atoms with Crippen LogP contribution in [-0.2, 0) is 6.42 Å².